The van der Waals surface area contributed by atoms with Crippen molar-refractivity contribution in [2.24, 2.45) is 4.99 Å². The SMILES string of the molecule is CN=C(NCCc1cccs1)NCc1ccc(Oc2ccc(F)cc2)nc1. The Kier molecular flexibility index (Phi) is 6.76. The summed E-state index contributed by atoms with van der Waals surface area (Å²) in [5, 5.41) is 8.64. The maximum absolute atomic E-state index is 12.9. The van der Waals surface area contributed by atoms with Crippen LogP contribution >= 0.6 is 11.3 Å². The summed E-state index contributed by atoms with van der Waals surface area (Å²) in [5.74, 6) is 1.46. The number of aliphatic imine (C=N–C) groups is 1. The fraction of sp³-hybridized carbons (Fsp3) is 0.200. The molecule has 2 N–H and O–H groups in total. The molecule has 0 aliphatic heterocycles. The van der Waals surface area contributed by atoms with Crippen molar-refractivity contribution >= 4 is 17.3 Å². The molecule has 27 heavy (non-hydrogen) atoms. The van der Waals surface area contributed by atoms with Crippen LogP contribution in [0.15, 0.2) is 65.1 Å². The van der Waals surface area contributed by atoms with Crippen molar-refractivity contribution in [1.82, 2.24) is 15.6 Å². The van der Waals surface area contributed by atoms with Gasteiger partial charge in [0.1, 0.15) is 11.6 Å². The summed E-state index contributed by atoms with van der Waals surface area (Å²) in [5.41, 5.74) is 1.00. The number of hydrogen-bond acceptors (Lipinski definition) is 4. The fourth-order valence-electron chi connectivity index (χ4n) is 2.36. The van der Waals surface area contributed by atoms with Gasteiger partial charge in [-0.05, 0) is 47.7 Å². The normalized spacial score (nSPS) is 11.3. The maximum atomic E-state index is 12.9. The van der Waals surface area contributed by atoms with Crippen LogP contribution in [0.25, 0.3) is 0 Å². The number of nitrogens with one attached hydrogen (secondary N) is 2. The van der Waals surface area contributed by atoms with E-state index in [1.54, 1.807) is 42.8 Å². The Morgan fingerprint density at radius 3 is 2.67 bits per heavy atom. The first-order chi connectivity index (χ1) is 13.2. The van der Waals surface area contributed by atoms with Crippen LogP contribution in [0.1, 0.15) is 10.4 Å². The lowest BCUT2D eigenvalue weighted by atomic mass is 10.3. The Hall–Kier alpha value is -2.93. The Bertz CT molecular complexity index is 849. The molecule has 7 heteroatoms. The van der Waals surface area contributed by atoms with Gasteiger partial charge in [-0.1, -0.05) is 12.1 Å². The molecule has 0 aliphatic carbocycles. The molecule has 0 amide bonds. The lowest BCUT2D eigenvalue weighted by Gasteiger charge is -2.12. The number of nitrogens with zero attached hydrogens (tertiary/aromatic N) is 2. The molecule has 3 rings (SSSR count). The third-order valence-electron chi connectivity index (χ3n) is 3.76. The zero-order chi connectivity index (χ0) is 18.9. The van der Waals surface area contributed by atoms with E-state index in [4.69, 9.17) is 4.74 Å². The number of aromatic nitrogens is 1. The van der Waals surface area contributed by atoms with Gasteiger partial charge in [-0.15, -0.1) is 11.3 Å². The van der Waals surface area contributed by atoms with Crippen molar-refractivity contribution in [3.8, 4) is 11.6 Å². The molecule has 0 aliphatic rings. The van der Waals surface area contributed by atoms with Crippen LogP contribution in [-0.2, 0) is 13.0 Å². The minimum absolute atomic E-state index is 0.297. The average molecular weight is 384 g/mol. The van der Waals surface area contributed by atoms with Gasteiger partial charge < -0.3 is 15.4 Å². The first-order valence-electron chi connectivity index (χ1n) is 8.58. The van der Waals surface area contributed by atoms with Crippen LogP contribution in [-0.4, -0.2) is 24.5 Å². The summed E-state index contributed by atoms with van der Waals surface area (Å²) in [6, 6.07) is 13.7. The Morgan fingerprint density at radius 2 is 2.00 bits per heavy atom. The third-order valence-corrected chi connectivity index (χ3v) is 4.70. The summed E-state index contributed by atoms with van der Waals surface area (Å²) in [6.07, 6.45) is 2.71. The molecule has 0 saturated heterocycles. The lowest BCUT2D eigenvalue weighted by molar-refractivity contribution is 0.461. The summed E-state index contributed by atoms with van der Waals surface area (Å²) in [7, 11) is 1.75. The van der Waals surface area contributed by atoms with Crippen LogP contribution in [0, 0.1) is 5.82 Å². The van der Waals surface area contributed by atoms with Crippen molar-refractivity contribution in [2.75, 3.05) is 13.6 Å². The quantitative estimate of drug-likeness (QED) is 0.478. The van der Waals surface area contributed by atoms with Crippen LogP contribution in [0.3, 0.4) is 0 Å². The number of rotatable bonds is 7. The minimum Gasteiger partial charge on any atom is -0.439 e. The number of pyridine rings is 1. The van der Waals surface area contributed by atoms with Crippen molar-refractivity contribution < 1.29 is 9.13 Å². The van der Waals surface area contributed by atoms with Gasteiger partial charge in [0.25, 0.3) is 0 Å². The molecule has 0 fully saturated rings. The second-order valence-electron chi connectivity index (χ2n) is 5.74. The zero-order valence-electron chi connectivity index (χ0n) is 15.0. The molecule has 140 valence electrons. The highest BCUT2D eigenvalue weighted by molar-refractivity contribution is 7.09. The van der Waals surface area contributed by atoms with E-state index >= 15 is 0 Å². The first kappa shape index (κ1) is 18.8. The van der Waals surface area contributed by atoms with Gasteiger partial charge >= 0.3 is 0 Å². The summed E-state index contributed by atoms with van der Waals surface area (Å²) < 4.78 is 18.5. The maximum Gasteiger partial charge on any atom is 0.219 e. The molecule has 3 aromatic rings. The second kappa shape index (κ2) is 9.68. The topological polar surface area (TPSA) is 58.5 Å². The van der Waals surface area contributed by atoms with E-state index in [0.29, 0.717) is 18.2 Å². The molecule has 0 spiro atoms. The van der Waals surface area contributed by atoms with Gasteiger partial charge in [-0.2, -0.15) is 0 Å². The van der Waals surface area contributed by atoms with Crippen LogP contribution in [0.2, 0.25) is 0 Å². The van der Waals surface area contributed by atoms with Gasteiger partial charge in [-0.3, -0.25) is 4.99 Å². The Morgan fingerprint density at radius 1 is 1.15 bits per heavy atom. The van der Waals surface area contributed by atoms with Crippen molar-refractivity contribution in [2.45, 2.75) is 13.0 Å². The smallest absolute Gasteiger partial charge is 0.219 e. The van der Waals surface area contributed by atoms with Crippen molar-refractivity contribution in [3.63, 3.8) is 0 Å². The van der Waals surface area contributed by atoms with E-state index in [1.165, 1.54) is 17.0 Å². The highest BCUT2D eigenvalue weighted by Crippen LogP contribution is 2.19. The summed E-state index contributed by atoms with van der Waals surface area (Å²) >= 11 is 1.76. The summed E-state index contributed by atoms with van der Waals surface area (Å²) in [4.78, 5) is 9.85. The fourth-order valence-corrected chi connectivity index (χ4v) is 3.07. The van der Waals surface area contributed by atoms with Crippen LogP contribution in [0.5, 0.6) is 11.6 Å². The highest BCUT2D eigenvalue weighted by atomic mass is 32.1. The van der Waals surface area contributed by atoms with Crippen LogP contribution in [0.4, 0.5) is 4.39 Å². The number of thiophene rings is 1. The number of hydrogen-bond donors (Lipinski definition) is 2. The second-order valence-corrected chi connectivity index (χ2v) is 6.77. The third kappa shape index (κ3) is 6.07. The Labute approximate surface area is 162 Å². The van der Waals surface area contributed by atoms with E-state index in [0.717, 1.165) is 24.5 Å². The number of ether oxygens (including phenoxy) is 1. The van der Waals surface area contributed by atoms with E-state index in [-0.39, 0.29) is 5.82 Å². The minimum atomic E-state index is -0.297. The van der Waals surface area contributed by atoms with Crippen molar-refractivity contribution in [1.29, 1.82) is 0 Å². The molecule has 2 heterocycles. The van der Waals surface area contributed by atoms with Gasteiger partial charge in [0, 0.05) is 37.3 Å². The van der Waals surface area contributed by atoms with Crippen molar-refractivity contribution in [3.05, 3.63) is 76.4 Å². The van der Waals surface area contributed by atoms with Gasteiger partial charge in [0.15, 0.2) is 5.96 Å². The zero-order valence-corrected chi connectivity index (χ0v) is 15.8. The van der Waals surface area contributed by atoms with Gasteiger partial charge in [-0.25, -0.2) is 9.37 Å². The monoisotopic (exact) mass is 384 g/mol. The largest absolute Gasteiger partial charge is 0.439 e. The van der Waals surface area contributed by atoms with E-state index < -0.39 is 0 Å². The molecule has 1 aromatic carbocycles. The molecular weight excluding hydrogens is 363 g/mol. The predicted octanol–water partition coefficient (Wildman–Crippen LogP) is 3.98. The highest BCUT2D eigenvalue weighted by Gasteiger charge is 2.02. The number of halogens is 1. The standard InChI is InChI=1S/C20H21FN4OS/c1-22-20(23-11-10-18-3-2-12-27-18)25-14-15-4-9-19(24-13-15)26-17-7-5-16(21)6-8-17/h2-9,12-13H,10-11,14H2,1H3,(H2,22,23,25). The molecule has 0 bridgehead atoms. The number of benzene rings is 1. The molecule has 0 atom stereocenters. The predicted molar refractivity (Wildman–Crippen MR) is 107 cm³/mol. The average Bonchev–Trinajstić information content (AvgIpc) is 3.21. The molecule has 5 nitrogen and oxygen atoms in total. The van der Waals surface area contributed by atoms with Gasteiger partial charge in [0.2, 0.25) is 5.88 Å². The molecule has 0 radical (unpaired) electrons. The molecule has 0 unspecified atom stereocenters. The lowest BCUT2D eigenvalue weighted by Crippen LogP contribution is -2.37. The van der Waals surface area contributed by atoms with E-state index in [1.807, 2.05) is 6.07 Å². The van der Waals surface area contributed by atoms with Gasteiger partial charge in [0.05, 0.1) is 0 Å². The first-order valence-corrected chi connectivity index (χ1v) is 9.46. The van der Waals surface area contributed by atoms with E-state index in [2.05, 4.69) is 38.1 Å². The molecular formula is C20H21FN4OS. The molecule has 0 saturated carbocycles. The Balaban J connectivity index is 1.45. The van der Waals surface area contributed by atoms with E-state index in [9.17, 15) is 4.39 Å². The molecule has 2 aromatic heterocycles. The number of guanidine groups is 1. The van der Waals surface area contributed by atoms with Crippen LogP contribution < -0.4 is 15.4 Å². The summed E-state index contributed by atoms with van der Waals surface area (Å²) in [6.45, 7) is 1.42.